The molecule has 1 aromatic rings. The number of hydrazone groups is 2. The van der Waals surface area contributed by atoms with Gasteiger partial charge in [-0.3, -0.25) is 0 Å². The Bertz CT molecular complexity index is 578. The lowest BCUT2D eigenvalue weighted by atomic mass is 10.2. The quantitative estimate of drug-likeness (QED) is 0.832. The number of hydrogen-bond donors (Lipinski definition) is 2. The van der Waals surface area contributed by atoms with E-state index in [2.05, 4.69) is 10.2 Å². The van der Waals surface area contributed by atoms with Crippen LogP contribution in [0.5, 0.6) is 0 Å². The first-order chi connectivity index (χ1) is 8.79. The van der Waals surface area contributed by atoms with Gasteiger partial charge in [0.05, 0.1) is 4.88 Å². The van der Waals surface area contributed by atoms with Gasteiger partial charge in [0.15, 0.2) is 5.71 Å². The summed E-state index contributed by atoms with van der Waals surface area (Å²) < 4.78 is 38.4. The maximum Gasteiger partial charge on any atom is 0.449 e. The summed E-state index contributed by atoms with van der Waals surface area (Å²) in [6.07, 6.45) is -6.29. The second-order valence-corrected chi connectivity index (χ2v) is 4.80. The monoisotopic (exact) mass is 292 g/mol. The third kappa shape index (κ3) is 2.67. The van der Waals surface area contributed by atoms with Gasteiger partial charge in [-0.15, -0.1) is 16.4 Å². The highest BCUT2D eigenvalue weighted by Gasteiger charge is 2.43. The minimum atomic E-state index is -4.73. The number of nitrogens with one attached hydrogen (secondary N) is 1. The van der Waals surface area contributed by atoms with Crippen LogP contribution >= 0.6 is 11.3 Å². The molecule has 1 amide bonds. The summed E-state index contributed by atoms with van der Waals surface area (Å²) >= 11 is 1.07. The van der Waals surface area contributed by atoms with E-state index in [1.165, 1.54) is 6.07 Å². The van der Waals surface area contributed by atoms with Crippen molar-refractivity contribution in [2.75, 3.05) is 0 Å². The lowest BCUT2D eigenvalue weighted by Crippen LogP contribution is -2.45. The van der Waals surface area contributed by atoms with Crippen LogP contribution in [0.15, 0.2) is 22.3 Å². The zero-order valence-electron chi connectivity index (χ0n) is 9.39. The van der Waals surface area contributed by atoms with Crippen molar-refractivity contribution in [1.82, 2.24) is 10.7 Å². The molecular formula is C9H7F3N4O2S. The van der Waals surface area contributed by atoms with E-state index in [-0.39, 0.29) is 10.00 Å². The zero-order chi connectivity index (χ0) is 14.2. The first-order valence-corrected chi connectivity index (χ1v) is 5.70. The second kappa shape index (κ2) is 4.53. The number of thiophene rings is 1. The van der Waals surface area contributed by atoms with Crippen molar-refractivity contribution in [2.24, 2.45) is 10.2 Å². The summed E-state index contributed by atoms with van der Waals surface area (Å²) in [6, 6.07) is 3.05. The molecule has 1 aliphatic rings. The van der Waals surface area contributed by atoms with Gasteiger partial charge in [-0.25, -0.2) is 4.79 Å². The number of halogens is 3. The number of nitrogens with zero attached hydrogens (tertiary/aromatic N) is 3. The van der Waals surface area contributed by atoms with Crippen molar-refractivity contribution >= 4 is 28.9 Å². The Morgan fingerprint density at radius 2 is 2.16 bits per heavy atom. The van der Waals surface area contributed by atoms with Gasteiger partial charge in [-0.2, -0.15) is 23.8 Å². The number of alkyl halides is 3. The molecule has 10 heteroatoms. The average Bonchev–Trinajstić information content (AvgIpc) is 2.73. The molecule has 6 nitrogen and oxygen atoms in total. The first kappa shape index (κ1) is 13.3. The van der Waals surface area contributed by atoms with E-state index in [1.807, 2.05) is 0 Å². The largest absolute Gasteiger partial charge is 0.462 e. The molecule has 0 bridgehead atoms. The van der Waals surface area contributed by atoms with Crippen LogP contribution in [0.4, 0.5) is 18.0 Å². The molecule has 0 spiro atoms. The van der Waals surface area contributed by atoms with E-state index < -0.39 is 23.7 Å². The molecule has 1 aliphatic heterocycles. The Kier molecular flexibility index (Phi) is 3.18. The molecule has 2 rings (SSSR count). The number of aryl methyl sites for hydroxylation is 1. The van der Waals surface area contributed by atoms with Crippen LogP contribution in [0.3, 0.4) is 0 Å². The Balaban J connectivity index is 2.47. The summed E-state index contributed by atoms with van der Waals surface area (Å²) in [7, 11) is 0. The summed E-state index contributed by atoms with van der Waals surface area (Å²) in [6.45, 7) is 1.72. The minimum absolute atomic E-state index is 0.196. The van der Waals surface area contributed by atoms with E-state index in [4.69, 9.17) is 5.11 Å². The normalized spacial score (nSPS) is 15.7. The van der Waals surface area contributed by atoms with E-state index in [9.17, 15) is 18.0 Å². The van der Waals surface area contributed by atoms with E-state index in [1.54, 1.807) is 18.5 Å². The van der Waals surface area contributed by atoms with E-state index in [0.29, 0.717) is 0 Å². The summed E-state index contributed by atoms with van der Waals surface area (Å²) in [5, 5.41) is 15.4. The van der Waals surface area contributed by atoms with Gasteiger partial charge in [0.2, 0.25) is 0 Å². The fourth-order valence-electron chi connectivity index (χ4n) is 1.33. The van der Waals surface area contributed by atoms with Gasteiger partial charge in [0.25, 0.3) is 0 Å². The van der Waals surface area contributed by atoms with Crippen molar-refractivity contribution in [2.45, 2.75) is 13.1 Å². The van der Waals surface area contributed by atoms with Crippen molar-refractivity contribution in [1.29, 1.82) is 0 Å². The highest BCUT2D eigenvalue weighted by Crippen LogP contribution is 2.25. The first-order valence-electron chi connectivity index (χ1n) is 4.88. The number of hydrazine groups is 1. The average molecular weight is 292 g/mol. The molecule has 2 heterocycles. The fourth-order valence-corrected chi connectivity index (χ4v) is 2.18. The van der Waals surface area contributed by atoms with Gasteiger partial charge in [0.1, 0.15) is 5.71 Å². The molecule has 2 N–H and O–H groups in total. The van der Waals surface area contributed by atoms with Crippen molar-refractivity contribution in [3.05, 3.63) is 21.9 Å². The van der Waals surface area contributed by atoms with Crippen molar-refractivity contribution in [3.63, 3.8) is 0 Å². The molecule has 0 aromatic carbocycles. The number of amides is 1. The van der Waals surface area contributed by atoms with Gasteiger partial charge in [0, 0.05) is 4.88 Å². The highest BCUT2D eigenvalue weighted by molar-refractivity contribution is 7.15. The number of carbonyl (C=O) groups is 1. The van der Waals surface area contributed by atoms with Gasteiger partial charge in [-0.05, 0) is 19.1 Å². The standard InChI is InChI=1S/C9H7F3N4O2S/c1-4-2-3-5(19-4)6-7(9(10,11)12)13-15-16(14-6)8(17)18/h2-3,15H,1H3,(H,17,18). The molecule has 0 aliphatic carbocycles. The van der Waals surface area contributed by atoms with Crippen LogP contribution in [0, 0.1) is 6.92 Å². The molecule has 0 saturated heterocycles. The second-order valence-electron chi connectivity index (χ2n) is 3.51. The van der Waals surface area contributed by atoms with Gasteiger partial charge >= 0.3 is 12.3 Å². The molecule has 0 fully saturated rings. The molecular weight excluding hydrogens is 285 g/mol. The third-order valence-corrected chi connectivity index (χ3v) is 3.11. The zero-order valence-corrected chi connectivity index (χ0v) is 10.2. The molecule has 19 heavy (non-hydrogen) atoms. The Morgan fingerprint density at radius 3 is 2.63 bits per heavy atom. The van der Waals surface area contributed by atoms with Gasteiger partial charge < -0.3 is 5.11 Å². The minimum Gasteiger partial charge on any atom is -0.462 e. The summed E-state index contributed by atoms with van der Waals surface area (Å²) in [5.74, 6) is 0. The SMILES string of the molecule is Cc1ccc(C2=NN(C(=O)O)NN=C2C(F)(F)F)s1. The molecule has 0 unspecified atom stereocenters. The predicted octanol–water partition coefficient (Wildman–Crippen LogP) is 2.18. The lowest BCUT2D eigenvalue weighted by Gasteiger charge is -2.21. The topological polar surface area (TPSA) is 77.3 Å². The third-order valence-electron chi connectivity index (χ3n) is 2.10. The lowest BCUT2D eigenvalue weighted by molar-refractivity contribution is -0.0580. The molecule has 0 atom stereocenters. The van der Waals surface area contributed by atoms with E-state index >= 15 is 0 Å². The van der Waals surface area contributed by atoms with Crippen molar-refractivity contribution < 1.29 is 23.1 Å². The highest BCUT2D eigenvalue weighted by atomic mass is 32.1. The molecule has 102 valence electrons. The van der Waals surface area contributed by atoms with Crippen LogP contribution < -0.4 is 5.53 Å². The van der Waals surface area contributed by atoms with Crippen LogP contribution in [0.1, 0.15) is 9.75 Å². The summed E-state index contributed by atoms with van der Waals surface area (Å²) in [4.78, 5) is 11.7. The number of carboxylic acid groups (broad SMARTS) is 1. The maximum absolute atomic E-state index is 12.8. The number of hydrogen-bond acceptors (Lipinski definition) is 5. The van der Waals surface area contributed by atoms with Crippen LogP contribution in [0.25, 0.3) is 0 Å². The Hall–Kier alpha value is -2.10. The maximum atomic E-state index is 12.8. The van der Waals surface area contributed by atoms with Gasteiger partial charge in [-0.1, -0.05) is 5.12 Å². The smallest absolute Gasteiger partial charge is 0.449 e. The van der Waals surface area contributed by atoms with Crippen LogP contribution in [-0.2, 0) is 0 Å². The summed E-state index contributed by atoms with van der Waals surface area (Å²) in [5.41, 5.74) is -0.0785. The Labute approximate surface area is 108 Å². The van der Waals surface area contributed by atoms with Crippen LogP contribution in [-0.4, -0.2) is 33.9 Å². The molecule has 0 radical (unpaired) electrons. The van der Waals surface area contributed by atoms with Crippen LogP contribution in [0.2, 0.25) is 0 Å². The predicted molar refractivity (Wildman–Crippen MR) is 62.1 cm³/mol. The fraction of sp³-hybridized carbons (Fsp3) is 0.222. The molecule has 1 aromatic heterocycles. The number of rotatable bonds is 1. The van der Waals surface area contributed by atoms with Crippen molar-refractivity contribution in [3.8, 4) is 0 Å². The van der Waals surface area contributed by atoms with E-state index in [0.717, 1.165) is 16.2 Å². The Morgan fingerprint density at radius 1 is 1.47 bits per heavy atom. The molecule has 0 saturated carbocycles.